The van der Waals surface area contributed by atoms with Gasteiger partial charge in [-0.15, -0.1) is 0 Å². The molecule has 0 radical (unpaired) electrons. The van der Waals surface area contributed by atoms with Crippen LogP contribution in [-0.4, -0.2) is 52.1 Å². The van der Waals surface area contributed by atoms with Gasteiger partial charge in [-0.25, -0.2) is 0 Å². The molecule has 8 heteroatoms. The lowest BCUT2D eigenvalue weighted by atomic mass is 9.93. The Labute approximate surface area is 343 Å². The van der Waals surface area contributed by atoms with E-state index < -0.39 is 0 Å². The minimum atomic E-state index is -0.146. The SMILES string of the molecule is CCCCCOc1cc2c3cc(OCCCCC)c(OCCCCC)cc3c3cc(OCC(=O)NCCCC)c(OCCCCC)cc3c2cc1OCCCCC. The van der Waals surface area contributed by atoms with Crippen LogP contribution < -0.4 is 33.7 Å². The largest absolute Gasteiger partial charge is 0.490 e. The number of carbonyl (C=O) groups excluding carboxylic acids is 1. The first-order chi connectivity index (χ1) is 28.0. The van der Waals surface area contributed by atoms with Crippen molar-refractivity contribution in [3.63, 3.8) is 0 Å². The molecule has 8 nitrogen and oxygen atoms in total. The van der Waals surface area contributed by atoms with Gasteiger partial charge in [-0.1, -0.05) is 112 Å². The van der Waals surface area contributed by atoms with Crippen LogP contribution >= 0.6 is 0 Å². The number of benzene rings is 4. The zero-order valence-corrected chi connectivity index (χ0v) is 36.3. The molecule has 0 fully saturated rings. The molecule has 0 heterocycles. The Morgan fingerprint density at radius 3 is 0.860 bits per heavy atom. The van der Waals surface area contributed by atoms with Gasteiger partial charge in [0.25, 0.3) is 5.91 Å². The van der Waals surface area contributed by atoms with Gasteiger partial charge in [0.2, 0.25) is 0 Å². The quantitative estimate of drug-likeness (QED) is 0.0401. The van der Waals surface area contributed by atoms with Gasteiger partial charge in [0, 0.05) is 6.54 Å². The summed E-state index contributed by atoms with van der Waals surface area (Å²) < 4.78 is 38.9. The number of hydrogen-bond donors (Lipinski definition) is 1. The predicted molar refractivity (Wildman–Crippen MR) is 237 cm³/mol. The molecule has 0 spiro atoms. The Kier molecular flexibility index (Phi) is 20.8. The molecule has 1 N–H and O–H groups in total. The van der Waals surface area contributed by atoms with Gasteiger partial charge < -0.3 is 33.7 Å². The van der Waals surface area contributed by atoms with Crippen molar-refractivity contribution in [1.29, 1.82) is 0 Å². The van der Waals surface area contributed by atoms with Gasteiger partial charge in [0.15, 0.2) is 41.1 Å². The summed E-state index contributed by atoms with van der Waals surface area (Å²) in [6.07, 6.45) is 17.8. The summed E-state index contributed by atoms with van der Waals surface area (Å²) in [6, 6.07) is 12.7. The number of carbonyl (C=O) groups is 1. The second kappa shape index (κ2) is 26.0. The van der Waals surface area contributed by atoms with E-state index in [9.17, 15) is 4.79 Å². The molecule has 0 aliphatic carbocycles. The zero-order valence-electron chi connectivity index (χ0n) is 36.3. The van der Waals surface area contributed by atoms with E-state index in [1.807, 2.05) is 6.07 Å². The van der Waals surface area contributed by atoms with Gasteiger partial charge in [-0.2, -0.15) is 0 Å². The van der Waals surface area contributed by atoms with Gasteiger partial charge in [-0.3, -0.25) is 4.79 Å². The minimum Gasteiger partial charge on any atom is -0.490 e. The summed E-state index contributed by atoms with van der Waals surface area (Å²) in [5.74, 6) is 4.01. The normalized spacial score (nSPS) is 11.3. The average Bonchev–Trinajstić information content (AvgIpc) is 3.22. The molecule has 0 aliphatic heterocycles. The molecule has 0 aliphatic rings. The Bertz CT molecular complexity index is 1740. The van der Waals surface area contributed by atoms with Crippen molar-refractivity contribution < 1.29 is 33.2 Å². The lowest BCUT2D eigenvalue weighted by Crippen LogP contribution is -2.29. The molecule has 1 amide bonds. The summed E-state index contributed by atoms with van der Waals surface area (Å²) in [7, 11) is 0. The highest BCUT2D eigenvalue weighted by molar-refractivity contribution is 6.26. The maximum absolute atomic E-state index is 12.9. The number of rotatable bonds is 31. The van der Waals surface area contributed by atoms with Crippen LogP contribution in [0.2, 0.25) is 0 Å². The van der Waals surface area contributed by atoms with Crippen LogP contribution in [0.3, 0.4) is 0 Å². The van der Waals surface area contributed by atoms with Crippen molar-refractivity contribution in [2.75, 3.05) is 46.2 Å². The molecule has 4 aromatic rings. The predicted octanol–water partition coefficient (Wildman–Crippen LogP) is 13.3. The number of fused-ring (bicyclic) bond motifs is 6. The van der Waals surface area contributed by atoms with Crippen LogP contribution in [0.15, 0.2) is 36.4 Å². The van der Waals surface area contributed by atoms with Crippen molar-refractivity contribution in [1.82, 2.24) is 5.32 Å². The number of nitrogens with one attached hydrogen (secondary N) is 1. The van der Waals surface area contributed by atoms with E-state index in [1.165, 1.54) is 0 Å². The third-order valence-electron chi connectivity index (χ3n) is 10.4. The van der Waals surface area contributed by atoms with Crippen molar-refractivity contribution in [2.24, 2.45) is 0 Å². The summed E-state index contributed by atoms with van der Waals surface area (Å²) in [6.45, 7) is 16.7. The van der Waals surface area contributed by atoms with Crippen LogP contribution in [0.25, 0.3) is 32.3 Å². The molecule has 0 saturated carbocycles. The monoisotopic (exact) mass is 788 g/mol. The van der Waals surface area contributed by atoms with E-state index in [0.29, 0.717) is 51.1 Å². The van der Waals surface area contributed by atoms with Crippen molar-refractivity contribution >= 4 is 38.2 Å². The number of hydrogen-bond acceptors (Lipinski definition) is 7. The van der Waals surface area contributed by atoms with Crippen LogP contribution in [0.5, 0.6) is 34.5 Å². The molecule has 4 rings (SSSR count). The van der Waals surface area contributed by atoms with E-state index in [2.05, 4.69) is 77.2 Å². The first-order valence-electron chi connectivity index (χ1n) is 22.6. The van der Waals surface area contributed by atoms with Crippen LogP contribution in [0.1, 0.15) is 151 Å². The summed E-state index contributed by atoms with van der Waals surface area (Å²) >= 11 is 0. The number of unbranched alkanes of at least 4 members (excludes halogenated alkanes) is 11. The molecule has 4 aromatic carbocycles. The highest BCUT2D eigenvalue weighted by atomic mass is 16.5. The fourth-order valence-electron chi connectivity index (χ4n) is 6.96. The van der Waals surface area contributed by atoms with Crippen molar-refractivity contribution in [3.8, 4) is 34.5 Å². The fourth-order valence-corrected chi connectivity index (χ4v) is 6.96. The smallest absolute Gasteiger partial charge is 0.257 e. The topological polar surface area (TPSA) is 84.5 Å². The molecule has 0 atom stereocenters. The Hall–Kier alpha value is -4.07. The fraction of sp³-hybridized carbons (Fsp3) is 0.612. The molecule has 57 heavy (non-hydrogen) atoms. The average molecular weight is 788 g/mol. The van der Waals surface area contributed by atoms with Crippen LogP contribution in [0.4, 0.5) is 0 Å². The third-order valence-corrected chi connectivity index (χ3v) is 10.4. The molecule has 0 aromatic heterocycles. The highest BCUT2D eigenvalue weighted by Gasteiger charge is 2.21. The van der Waals surface area contributed by atoms with Crippen LogP contribution in [-0.2, 0) is 4.79 Å². The molecular formula is C49H73NO7. The summed E-state index contributed by atoms with van der Waals surface area (Å²) in [5.41, 5.74) is 0. The highest BCUT2D eigenvalue weighted by Crippen LogP contribution is 2.47. The Morgan fingerprint density at radius 1 is 0.368 bits per heavy atom. The van der Waals surface area contributed by atoms with E-state index >= 15 is 0 Å². The van der Waals surface area contributed by atoms with Gasteiger partial charge in [0.1, 0.15) is 0 Å². The molecule has 316 valence electrons. The second-order valence-electron chi connectivity index (χ2n) is 15.3. The first-order valence-corrected chi connectivity index (χ1v) is 22.6. The minimum absolute atomic E-state index is 0.0952. The zero-order chi connectivity index (χ0) is 40.7. The Balaban J connectivity index is 1.99. The summed E-state index contributed by atoms with van der Waals surface area (Å²) in [4.78, 5) is 12.9. The summed E-state index contributed by atoms with van der Waals surface area (Å²) in [5, 5.41) is 9.07. The second-order valence-corrected chi connectivity index (χ2v) is 15.3. The van der Waals surface area contributed by atoms with Crippen LogP contribution in [0, 0.1) is 0 Å². The molecule has 0 unspecified atom stereocenters. The van der Waals surface area contributed by atoms with E-state index in [1.54, 1.807) is 0 Å². The van der Waals surface area contributed by atoms with E-state index in [4.69, 9.17) is 28.4 Å². The third kappa shape index (κ3) is 14.1. The van der Waals surface area contributed by atoms with Gasteiger partial charge in [-0.05, 0) is 107 Å². The van der Waals surface area contributed by atoms with Gasteiger partial charge in [0.05, 0.1) is 33.0 Å². The Morgan fingerprint density at radius 2 is 0.614 bits per heavy atom. The van der Waals surface area contributed by atoms with E-state index in [0.717, 1.165) is 164 Å². The van der Waals surface area contributed by atoms with E-state index in [-0.39, 0.29) is 12.5 Å². The number of ether oxygens (including phenoxy) is 6. The van der Waals surface area contributed by atoms with Crippen molar-refractivity contribution in [2.45, 2.75) is 151 Å². The number of amides is 1. The first kappa shape index (κ1) is 45.6. The van der Waals surface area contributed by atoms with Gasteiger partial charge >= 0.3 is 0 Å². The maximum atomic E-state index is 12.9. The molecular weight excluding hydrogens is 715 g/mol. The molecule has 0 bridgehead atoms. The standard InChI is InChI=1S/C49H73NO7/c1-7-13-19-25-52-43-30-37-38-31-44(53-26-20-14-8-2)46(55-28-22-16-10-4)33-40(38)42-35-48(57-36-49(51)50-24-18-12-6)47(56-29-23-17-11-5)34-41(42)39(37)32-45(43)54-27-21-15-9-3/h30-35H,7-29,36H2,1-6H3,(H,50,51). The maximum Gasteiger partial charge on any atom is 0.257 e. The lowest BCUT2D eigenvalue weighted by Gasteiger charge is -2.20. The van der Waals surface area contributed by atoms with Crippen molar-refractivity contribution in [3.05, 3.63) is 36.4 Å². The lowest BCUT2D eigenvalue weighted by molar-refractivity contribution is -0.123. The molecule has 0 saturated heterocycles.